The Morgan fingerprint density at radius 2 is 2.28 bits per heavy atom. The molecule has 2 rings (SSSR count). The van der Waals surface area contributed by atoms with Crippen LogP contribution in [0.15, 0.2) is 24.3 Å². The predicted octanol–water partition coefficient (Wildman–Crippen LogP) is 1.48. The number of hydrogen-bond donors (Lipinski definition) is 2. The third kappa shape index (κ3) is 3.23. The van der Waals surface area contributed by atoms with Gasteiger partial charge in [0.25, 0.3) is 5.91 Å². The fourth-order valence-electron chi connectivity index (χ4n) is 2.01. The Bertz CT molecular complexity index is 429. The average Bonchev–Trinajstić information content (AvgIpc) is 3.18. The monoisotopic (exact) mass is 247 g/mol. The van der Waals surface area contributed by atoms with Crippen LogP contribution >= 0.6 is 0 Å². The lowest BCUT2D eigenvalue weighted by molar-refractivity contribution is 0.0939. The van der Waals surface area contributed by atoms with Crippen molar-refractivity contribution in [3.63, 3.8) is 0 Å². The van der Waals surface area contributed by atoms with E-state index in [9.17, 15) is 4.79 Å². The maximum atomic E-state index is 11.9. The van der Waals surface area contributed by atoms with Gasteiger partial charge in [-0.3, -0.25) is 9.69 Å². The first-order chi connectivity index (χ1) is 8.58. The number of nitrogens with zero attached hydrogens (tertiary/aromatic N) is 1. The fourth-order valence-corrected chi connectivity index (χ4v) is 2.01. The summed E-state index contributed by atoms with van der Waals surface area (Å²) in [6.45, 7) is 2.80. The fraction of sp³-hybridized carbons (Fsp3) is 0.500. The molecule has 0 radical (unpaired) electrons. The second kappa shape index (κ2) is 5.40. The molecule has 1 saturated carbocycles. The first-order valence-electron chi connectivity index (χ1n) is 6.43. The van der Waals surface area contributed by atoms with Crippen LogP contribution in [0.1, 0.15) is 30.1 Å². The van der Waals surface area contributed by atoms with Crippen molar-refractivity contribution in [2.24, 2.45) is 0 Å². The maximum Gasteiger partial charge on any atom is 0.251 e. The summed E-state index contributed by atoms with van der Waals surface area (Å²) >= 11 is 0. The molecule has 1 unspecified atom stereocenters. The lowest BCUT2D eigenvalue weighted by Crippen LogP contribution is -2.41. The van der Waals surface area contributed by atoms with Gasteiger partial charge in [0.2, 0.25) is 0 Å². The van der Waals surface area contributed by atoms with Crippen molar-refractivity contribution in [3.05, 3.63) is 29.8 Å². The Kier molecular flexibility index (Phi) is 3.87. The first kappa shape index (κ1) is 12.9. The van der Waals surface area contributed by atoms with Crippen molar-refractivity contribution < 1.29 is 4.79 Å². The third-order valence-electron chi connectivity index (χ3n) is 3.52. The molecule has 1 aromatic rings. The summed E-state index contributed by atoms with van der Waals surface area (Å²) in [5.74, 6) is -0.0571. The van der Waals surface area contributed by atoms with Crippen molar-refractivity contribution in [2.45, 2.75) is 31.8 Å². The number of likely N-dealkylation sites (N-methyl/N-ethyl adjacent to an activating group) is 1. The minimum atomic E-state index is -0.0571. The molecule has 1 fully saturated rings. The van der Waals surface area contributed by atoms with Crippen LogP contribution in [0.4, 0.5) is 5.69 Å². The van der Waals surface area contributed by atoms with Gasteiger partial charge in [0, 0.05) is 29.9 Å². The molecule has 0 bridgehead atoms. The van der Waals surface area contributed by atoms with Gasteiger partial charge in [0.15, 0.2) is 0 Å². The van der Waals surface area contributed by atoms with E-state index in [1.807, 2.05) is 0 Å². The van der Waals surface area contributed by atoms with Gasteiger partial charge in [-0.25, -0.2) is 0 Å². The minimum Gasteiger partial charge on any atom is -0.399 e. The van der Waals surface area contributed by atoms with Crippen LogP contribution in [-0.4, -0.2) is 36.5 Å². The number of nitrogen functional groups attached to an aromatic ring is 1. The van der Waals surface area contributed by atoms with Gasteiger partial charge < -0.3 is 11.1 Å². The van der Waals surface area contributed by atoms with Crippen molar-refractivity contribution >= 4 is 11.6 Å². The molecule has 1 amide bonds. The number of anilines is 1. The molecule has 1 aliphatic carbocycles. The summed E-state index contributed by atoms with van der Waals surface area (Å²) in [7, 11) is 2.12. The highest BCUT2D eigenvalue weighted by Crippen LogP contribution is 2.26. The van der Waals surface area contributed by atoms with Crippen LogP contribution in [0, 0.1) is 0 Å². The third-order valence-corrected chi connectivity index (χ3v) is 3.52. The van der Waals surface area contributed by atoms with Crippen molar-refractivity contribution in [1.82, 2.24) is 10.2 Å². The molecule has 1 atom stereocenters. The summed E-state index contributed by atoms with van der Waals surface area (Å²) < 4.78 is 0. The van der Waals surface area contributed by atoms with Crippen LogP contribution in [0.25, 0.3) is 0 Å². The molecule has 18 heavy (non-hydrogen) atoms. The smallest absolute Gasteiger partial charge is 0.251 e. The average molecular weight is 247 g/mol. The lowest BCUT2D eigenvalue weighted by atomic mass is 10.2. The van der Waals surface area contributed by atoms with Gasteiger partial charge in [-0.1, -0.05) is 6.07 Å². The quantitative estimate of drug-likeness (QED) is 0.775. The van der Waals surface area contributed by atoms with Gasteiger partial charge in [0.05, 0.1) is 0 Å². The summed E-state index contributed by atoms with van der Waals surface area (Å²) in [4.78, 5) is 14.3. The zero-order valence-electron chi connectivity index (χ0n) is 11.0. The van der Waals surface area contributed by atoms with Gasteiger partial charge in [0.1, 0.15) is 0 Å². The normalized spacial score (nSPS) is 16.6. The molecule has 0 heterocycles. The Morgan fingerprint density at radius 3 is 2.89 bits per heavy atom. The largest absolute Gasteiger partial charge is 0.399 e. The molecular formula is C14H21N3O. The molecular weight excluding hydrogens is 226 g/mol. The summed E-state index contributed by atoms with van der Waals surface area (Å²) in [6, 6.07) is 8.13. The van der Waals surface area contributed by atoms with Crippen LogP contribution in [-0.2, 0) is 0 Å². The standard InChI is InChI=1S/C14H21N3O/c1-10(17(2)13-6-7-13)9-16-14(18)11-4-3-5-12(15)8-11/h3-5,8,10,13H,6-7,9,15H2,1-2H3,(H,16,18). The molecule has 0 spiro atoms. The van der Waals surface area contributed by atoms with E-state index in [0.717, 1.165) is 0 Å². The van der Waals surface area contributed by atoms with Gasteiger partial charge >= 0.3 is 0 Å². The molecule has 0 saturated heterocycles. The molecule has 4 heteroatoms. The van der Waals surface area contributed by atoms with E-state index in [4.69, 9.17) is 5.73 Å². The molecule has 4 nitrogen and oxygen atoms in total. The first-order valence-corrected chi connectivity index (χ1v) is 6.43. The molecule has 1 aliphatic rings. The van der Waals surface area contributed by atoms with E-state index in [0.29, 0.717) is 29.9 Å². The topological polar surface area (TPSA) is 58.4 Å². The number of nitrogens with two attached hydrogens (primary N) is 1. The highest BCUT2D eigenvalue weighted by Gasteiger charge is 2.29. The number of rotatable bonds is 5. The van der Waals surface area contributed by atoms with Crippen molar-refractivity contribution in [3.8, 4) is 0 Å². The minimum absolute atomic E-state index is 0.0571. The van der Waals surface area contributed by atoms with Crippen LogP contribution in [0.2, 0.25) is 0 Å². The molecule has 0 aromatic heterocycles. The highest BCUT2D eigenvalue weighted by atomic mass is 16.1. The summed E-state index contributed by atoms with van der Waals surface area (Å²) in [5.41, 5.74) is 6.90. The zero-order valence-corrected chi connectivity index (χ0v) is 11.0. The van der Waals surface area contributed by atoms with Crippen LogP contribution < -0.4 is 11.1 Å². The summed E-state index contributed by atoms with van der Waals surface area (Å²) in [5, 5.41) is 2.95. The molecule has 1 aromatic carbocycles. The van der Waals surface area contributed by atoms with E-state index < -0.39 is 0 Å². The molecule has 98 valence electrons. The zero-order chi connectivity index (χ0) is 13.1. The van der Waals surface area contributed by atoms with Crippen molar-refractivity contribution in [1.29, 1.82) is 0 Å². The van der Waals surface area contributed by atoms with E-state index in [1.165, 1.54) is 12.8 Å². The van der Waals surface area contributed by atoms with Crippen LogP contribution in [0.5, 0.6) is 0 Å². The maximum absolute atomic E-state index is 11.9. The van der Waals surface area contributed by atoms with Gasteiger partial charge in [-0.15, -0.1) is 0 Å². The van der Waals surface area contributed by atoms with E-state index in [1.54, 1.807) is 24.3 Å². The highest BCUT2D eigenvalue weighted by molar-refractivity contribution is 5.94. The van der Waals surface area contributed by atoms with Gasteiger partial charge in [-0.2, -0.15) is 0 Å². The summed E-state index contributed by atoms with van der Waals surface area (Å²) in [6.07, 6.45) is 2.56. The SMILES string of the molecule is CC(CNC(=O)c1cccc(N)c1)N(C)C1CC1. The van der Waals surface area contributed by atoms with E-state index in [2.05, 4.69) is 24.2 Å². The lowest BCUT2D eigenvalue weighted by Gasteiger charge is -2.24. The van der Waals surface area contributed by atoms with Crippen molar-refractivity contribution in [2.75, 3.05) is 19.3 Å². The number of hydrogen-bond acceptors (Lipinski definition) is 3. The molecule has 3 N–H and O–H groups in total. The number of nitrogens with one attached hydrogen (secondary N) is 1. The predicted molar refractivity (Wildman–Crippen MR) is 73.4 cm³/mol. The van der Waals surface area contributed by atoms with Crippen LogP contribution in [0.3, 0.4) is 0 Å². The van der Waals surface area contributed by atoms with E-state index in [-0.39, 0.29) is 5.91 Å². The van der Waals surface area contributed by atoms with Gasteiger partial charge in [-0.05, 0) is 45.0 Å². The number of benzene rings is 1. The second-order valence-electron chi connectivity index (χ2n) is 5.08. The van der Waals surface area contributed by atoms with E-state index >= 15 is 0 Å². The second-order valence-corrected chi connectivity index (χ2v) is 5.08. The molecule has 0 aliphatic heterocycles. The Morgan fingerprint density at radius 1 is 1.56 bits per heavy atom. The number of carbonyl (C=O) groups excluding carboxylic acids is 1. The Balaban J connectivity index is 1.84. The number of carbonyl (C=O) groups is 1. The Labute approximate surface area is 108 Å². The number of amides is 1. The Hall–Kier alpha value is -1.55.